The number of ether oxygens (including phenoxy) is 4. The average molecular weight is 526 g/mol. The van der Waals surface area contributed by atoms with Gasteiger partial charge >= 0.3 is 51.4 Å². The second-order valence-electron chi connectivity index (χ2n) is 8.61. The van der Waals surface area contributed by atoms with Gasteiger partial charge < -0.3 is 23.3 Å². The van der Waals surface area contributed by atoms with Crippen LogP contribution in [0.5, 0.6) is 0 Å². The molecular formula is C31H36KNO4. The molecule has 0 radical (unpaired) electrons. The SMILES string of the molecule is C1CCOC1.COCCOCCOC.[K+].c1ccc(-c2c3ccccn3c3cc4ccccc4[c-]23)cc1. The van der Waals surface area contributed by atoms with E-state index in [9.17, 15) is 0 Å². The van der Waals surface area contributed by atoms with Crippen LogP contribution in [0.1, 0.15) is 12.8 Å². The van der Waals surface area contributed by atoms with Crippen molar-refractivity contribution in [1.82, 2.24) is 4.40 Å². The molecule has 1 aliphatic rings. The first-order chi connectivity index (χ1) is 17.8. The summed E-state index contributed by atoms with van der Waals surface area (Å²) >= 11 is 0. The van der Waals surface area contributed by atoms with Crippen molar-refractivity contribution in [1.29, 1.82) is 0 Å². The van der Waals surface area contributed by atoms with Crippen molar-refractivity contribution in [3.05, 3.63) is 85.1 Å². The van der Waals surface area contributed by atoms with E-state index in [0.717, 1.165) is 13.2 Å². The van der Waals surface area contributed by atoms with Crippen LogP contribution in [-0.2, 0) is 18.9 Å². The number of methoxy groups -OCH3 is 2. The maximum Gasteiger partial charge on any atom is 1.00 e. The molecule has 6 heteroatoms. The quantitative estimate of drug-likeness (QED) is 0.185. The minimum Gasteiger partial charge on any atom is -0.382 e. The maximum atomic E-state index is 5.06. The summed E-state index contributed by atoms with van der Waals surface area (Å²) in [7, 11) is 3.30. The van der Waals surface area contributed by atoms with E-state index in [-0.39, 0.29) is 51.4 Å². The molecule has 0 bridgehead atoms. The van der Waals surface area contributed by atoms with Crippen LogP contribution < -0.4 is 51.4 Å². The van der Waals surface area contributed by atoms with Gasteiger partial charge in [0.15, 0.2) is 0 Å². The number of nitrogens with zero attached hydrogens (tertiary/aromatic N) is 1. The summed E-state index contributed by atoms with van der Waals surface area (Å²) < 4.78 is 21.8. The summed E-state index contributed by atoms with van der Waals surface area (Å²) in [5, 5.41) is 4.00. The van der Waals surface area contributed by atoms with Gasteiger partial charge in [-0.1, -0.05) is 87.9 Å². The first-order valence-corrected chi connectivity index (χ1v) is 12.6. The third kappa shape index (κ3) is 8.02. The number of hydrogen-bond acceptors (Lipinski definition) is 4. The van der Waals surface area contributed by atoms with E-state index < -0.39 is 0 Å². The fourth-order valence-electron chi connectivity index (χ4n) is 4.44. The summed E-state index contributed by atoms with van der Waals surface area (Å²) in [5.41, 5.74) is 5.16. The predicted molar refractivity (Wildman–Crippen MR) is 148 cm³/mol. The van der Waals surface area contributed by atoms with Crippen LogP contribution in [0.4, 0.5) is 0 Å². The van der Waals surface area contributed by atoms with Crippen molar-refractivity contribution in [3.63, 3.8) is 0 Å². The predicted octanol–water partition coefficient (Wildman–Crippen LogP) is 3.73. The molecule has 2 aromatic heterocycles. The first-order valence-electron chi connectivity index (χ1n) is 12.6. The van der Waals surface area contributed by atoms with Gasteiger partial charge in [0.2, 0.25) is 0 Å². The summed E-state index contributed by atoms with van der Waals surface area (Å²) in [6.07, 6.45) is 4.71. The Morgan fingerprint density at radius 2 is 1.43 bits per heavy atom. The van der Waals surface area contributed by atoms with E-state index >= 15 is 0 Å². The third-order valence-electron chi connectivity index (χ3n) is 6.16. The van der Waals surface area contributed by atoms with Gasteiger partial charge in [-0.05, 0) is 29.9 Å². The van der Waals surface area contributed by atoms with Crippen molar-refractivity contribution in [2.24, 2.45) is 0 Å². The smallest absolute Gasteiger partial charge is 0.382 e. The zero-order chi connectivity index (χ0) is 25.0. The maximum absolute atomic E-state index is 5.06. The third-order valence-corrected chi connectivity index (χ3v) is 6.16. The summed E-state index contributed by atoms with van der Waals surface area (Å²) in [5.74, 6) is 0. The minimum atomic E-state index is 0. The van der Waals surface area contributed by atoms with E-state index in [1.54, 1.807) is 14.2 Å². The Kier molecular flexibility index (Phi) is 13.4. The molecule has 37 heavy (non-hydrogen) atoms. The van der Waals surface area contributed by atoms with Gasteiger partial charge in [-0.15, -0.1) is 12.1 Å². The van der Waals surface area contributed by atoms with Crippen molar-refractivity contribution in [2.75, 3.05) is 53.9 Å². The minimum absolute atomic E-state index is 0. The molecular weight excluding hydrogens is 489 g/mol. The van der Waals surface area contributed by atoms with Gasteiger partial charge in [-0.3, -0.25) is 0 Å². The molecule has 1 fully saturated rings. The van der Waals surface area contributed by atoms with Crippen LogP contribution >= 0.6 is 0 Å². The molecule has 1 aliphatic heterocycles. The van der Waals surface area contributed by atoms with Crippen molar-refractivity contribution in [2.45, 2.75) is 12.8 Å². The van der Waals surface area contributed by atoms with Gasteiger partial charge in [-0.25, -0.2) is 0 Å². The normalized spacial score (nSPS) is 12.6. The second-order valence-corrected chi connectivity index (χ2v) is 8.61. The van der Waals surface area contributed by atoms with Gasteiger partial charge in [0.25, 0.3) is 0 Å². The molecule has 6 rings (SSSR count). The molecule has 190 valence electrons. The standard InChI is InChI=1S/C21H14N.C6H14O3.C4H8O.K/c1-2-8-15(9-3-1)20-18-12-6-7-13-22(18)19-14-16-10-4-5-11-17(16)21(19)20;1-7-3-5-9-6-4-8-2;1-2-4-5-3-1;/h1-14H;3-6H2,1-2H3;1-4H2;/q-1;;;+1. The van der Waals surface area contributed by atoms with Crippen molar-refractivity contribution >= 4 is 27.2 Å². The molecule has 5 aromatic rings. The molecule has 1 saturated heterocycles. The van der Waals surface area contributed by atoms with Crippen LogP contribution in [0.25, 0.3) is 38.3 Å². The Hall–Kier alpha value is -1.45. The summed E-state index contributed by atoms with van der Waals surface area (Å²) in [4.78, 5) is 0. The molecule has 5 nitrogen and oxygen atoms in total. The van der Waals surface area contributed by atoms with Crippen LogP contribution in [0.3, 0.4) is 0 Å². The first kappa shape index (κ1) is 30.1. The van der Waals surface area contributed by atoms with E-state index in [1.807, 2.05) is 0 Å². The van der Waals surface area contributed by atoms with Crippen LogP contribution in [0.15, 0.2) is 85.1 Å². The van der Waals surface area contributed by atoms with Crippen molar-refractivity contribution in [3.8, 4) is 11.1 Å². The molecule has 0 atom stereocenters. The monoisotopic (exact) mass is 525 g/mol. The fraction of sp³-hybridized carbons (Fsp3) is 0.323. The van der Waals surface area contributed by atoms with Gasteiger partial charge in [0.1, 0.15) is 0 Å². The number of benzene rings is 2. The largest absolute Gasteiger partial charge is 1.00 e. The van der Waals surface area contributed by atoms with Crippen LogP contribution in [0, 0.1) is 0 Å². The number of pyridine rings is 1. The molecule has 0 saturated carbocycles. The van der Waals surface area contributed by atoms with Crippen LogP contribution in [-0.4, -0.2) is 58.3 Å². The van der Waals surface area contributed by atoms with E-state index in [2.05, 4.69) is 89.5 Å². The molecule has 0 N–H and O–H groups in total. The zero-order valence-electron chi connectivity index (χ0n) is 22.3. The Labute approximate surface area is 262 Å². The van der Waals surface area contributed by atoms with E-state index in [1.165, 1.54) is 51.2 Å². The number of rotatable bonds is 7. The van der Waals surface area contributed by atoms with Gasteiger partial charge in [0.05, 0.1) is 26.4 Å². The molecule has 0 spiro atoms. The zero-order valence-corrected chi connectivity index (χ0v) is 25.4. The Morgan fingerprint density at radius 1 is 0.784 bits per heavy atom. The molecule has 3 aromatic carbocycles. The molecule has 0 amide bonds. The van der Waals surface area contributed by atoms with E-state index in [0.29, 0.717) is 26.4 Å². The average Bonchev–Trinajstić information content (AvgIpc) is 3.68. The molecule has 0 unspecified atom stereocenters. The summed E-state index contributed by atoms with van der Waals surface area (Å²) in [6, 6.07) is 28.0. The Bertz CT molecular complexity index is 1310. The van der Waals surface area contributed by atoms with Crippen LogP contribution in [0.2, 0.25) is 0 Å². The van der Waals surface area contributed by atoms with Gasteiger partial charge in [-0.2, -0.15) is 0 Å². The van der Waals surface area contributed by atoms with Crippen molar-refractivity contribution < 1.29 is 70.3 Å². The topological polar surface area (TPSA) is 41.3 Å². The number of hydrogen-bond donors (Lipinski definition) is 0. The molecule has 3 heterocycles. The second kappa shape index (κ2) is 16.5. The fourth-order valence-corrected chi connectivity index (χ4v) is 4.44. The number of aromatic nitrogens is 1. The van der Waals surface area contributed by atoms with Gasteiger partial charge in [0, 0.05) is 33.6 Å². The Balaban J connectivity index is 0.000000212. The molecule has 0 aliphatic carbocycles. The summed E-state index contributed by atoms with van der Waals surface area (Å²) in [6.45, 7) is 4.62. The van der Waals surface area contributed by atoms with E-state index in [4.69, 9.17) is 18.9 Å². The number of fused-ring (bicyclic) bond motifs is 5. The Morgan fingerprint density at radius 3 is 2.08 bits per heavy atom.